The molecule has 0 unspecified atom stereocenters. The van der Waals surface area contributed by atoms with Gasteiger partial charge in [-0.15, -0.1) is 0 Å². The Labute approximate surface area is 86.3 Å². The summed E-state index contributed by atoms with van der Waals surface area (Å²) in [6, 6.07) is 0.651. The van der Waals surface area contributed by atoms with Crippen molar-refractivity contribution in [3.8, 4) is 0 Å². The van der Waals surface area contributed by atoms with Crippen molar-refractivity contribution in [3.63, 3.8) is 0 Å². The Morgan fingerprint density at radius 2 is 2.12 bits per heavy atom. The van der Waals surface area contributed by atoms with Crippen LogP contribution in [0.5, 0.6) is 0 Å². The summed E-state index contributed by atoms with van der Waals surface area (Å²) in [6.07, 6.45) is -1.37. The van der Waals surface area contributed by atoms with E-state index in [2.05, 4.69) is 4.98 Å². The highest BCUT2D eigenvalue weighted by Gasteiger charge is 2.38. The first kappa shape index (κ1) is 10.4. The maximum Gasteiger partial charge on any atom is 0.423 e. The van der Waals surface area contributed by atoms with E-state index in [1.165, 1.54) is 12.4 Å². The van der Waals surface area contributed by atoms with Crippen LogP contribution in [-0.4, -0.2) is 14.3 Å². The molecule has 16 heavy (non-hydrogen) atoms. The highest BCUT2D eigenvalue weighted by molar-refractivity contribution is 5.51. The number of imidazole rings is 1. The summed E-state index contributed by atoms with van der Waals surface area (Å²) in [4.78, 5) is 13.1. The normalized spacial score (nSPS) is 11.9. The number of pyridine rings is 1. The lowest BCUT2D eigenvalue weighted by Gasteiger charge is -2.07. The second kappa shape index (κ2) is 3.19. The SMILES string of the molecule is O=[N+]([O-])c1cn2ccnc2cc1C(F)(F)F. The second-order valence-electron chi connectivity index (χ2n) is 3.02. The lowest BCUT2D eigenvalue weighted by Crippen LogP contribution is -2.10. The summed E-state index contributed by atoms with van der Waals surface area (Å²) in [7, 11) is 0. The molecule has 0 aliphatic rings. The third kappa shape index (κ3) is 1.58. The molecule has 0 bridgehead atoms. The summed E-state index contributed by atoms with van der Waals surface area (Å²) < 4.78 is 38.7. The Bertz CT molecular complexity index is 561. The van der Waals surface area contributed by atoms with Gasteiger partial charge in [-0.25, -0.2) is 4.98 Å². The molecule has 0 saturated heterocycles. The van der Waals surface area contributed by atoms with Crippen LogP contribution in [0.2, 0.25) is 0 Å². The number of hydrogen-bond acceptors (Lipinski definition) is 3. The van der Waals surface area contributed by atoms with Crippen molar-refractivity contribution in [1.29, 1.82) is 0 Å². The molecule has 0 atom stereocenters. The maximum atomic E-state index is 12.5. The van der Waals surface area contributed by atoms with Crippen LogP contribution >= 0.6 is 0 Å². The number of alkyl halides is 3. The molecule has 0 N–H and O–H groups in total. The molecule has 5 nitrogen and oxygen atoms in total. The van der Waals surface area contributed by atoms with E-state index >= 15 is 0 Å². The van der Waals surface area contributed by atoms with E-state index in [0.29, 0.717) is 6.07 Å². The van der Waals surface area contributed by atoms with Gasteiger partial charge in [0, 0.05) is 18.5 Å². The first-order valence-corrected chi connectivity index (χ1v) is 4.08. The average molecular weight is 231 g/mol. The van der Waals surface area contributed by atoms with E-state index in [1.807, 2.05) is 0 Å². The van der Waals surface area contributed by atoms with Gasteiger partial charge in [-0.2, -0.15) is 13.2 Å². The van der Waals surface area contributed by atoms with Crippen molar-refractivity contribution in [3.05, 3.63) is 40.3 Å². The summed E-state index contributed by atoms with van der Waals surface area (Å²) in [5.74, 6) is 0. The molecule has 2 aromatic rings. The lowest BCUT2D eigenvalue weighted by atomic mass is 10.2. The van der Waals surface area contributed by atoms with Crippen molar-refractivity contribution in [2.24, 2.45) is 0 Å². The van der Waals surface area contributed by atoms with Crippen molar-refractivity contribution >= 4 is 11.3 Å². The topological polar surface area (TPSA) is 60.4 Å². The van der Waals surface area contributed by atoms with Gasteiger partial charge in [0.15, 0.2) is 0 Å². The molecule has 0 aliphatic heterocycles. The van der Waals surface area contributed by atoms with Crippen LogP contribution in [0.4, 0.5) is 18.9 Å². The van der Waals surface area contributed by atoms with Crippen LogP contribution in [0.15, 0.2) is 24.7 Å². The van der Waals surface area contributed by atoms with E-state index in [1.54, 1.807) is 0 Å². The minimum absolute atomic E-state index is 0.0120. The van der Waals surface area contributed by atoms with Crippen molar-refractivity contribution < 1.29 is 18.1 Å². The highest BCUT2D eigenvalue weighted by atomic mass is 19.4. The number of nitro groups is 1. The van der Waals surface area contributed by atoms with Gasteiger partial charge in [0.1, 0.15) is 11.2 Å². The second-order valence-corrected chi connectivity index (χ2v) is 3.02. The number of nitrogens with zero attached hydrogens (tertiary/aromatic N) is 3. The molecule has 0 aliphatic carbocycles. The van der Waals surface area contributed by atoms with Crippen molar-refractivity contribution in [2.45, 2.75) is 6.18 Å². The van der Waals surface area contributed by atoms with E-state index in [-0.39, 0.29) is 5.65 Å². The molecular weight excluding hydrogens is 227 g/mol. The Morgan fingerprint density at radius 3 is 2.69 bits per heavy atom. The fourth-order valence-electron chi connectivity index (χ4n) is 1.32. The maximum absolute atomic E-state index is 12.5. The fourth-order valence-corrected chi connectivity index (χ4v) is 1.32. The van der Waals surface area contributed by atoms with Gasteiger partial charge >= 0.3 is 6.18 Å². The van der Waals surface area contributed by atoms with Gasteiger partial charge in [0.05, 0.1) is 11.1 Å². The number of aromatic nitrogens is 2. The molecule has 84 valence electrons. The third-order valence-electron chi connectivity index (χ3n) is 2.01. The Morgan fingerprint density at radius 1 is 1.44 bits per heavy atom. The smallest absolute Gasteiger partial charge is 0.300 e. The van der Waals surface area contributed by atoms with Crippen molar-refractivity contribution in [2.75, 3.05) is 0 Å². The van der Waals surface area contributed by atoms with Crippen LogP contribution in [0.3, 0.4) is 0 Å². The Kier molecular flexibility index (Phi) is 2.07. The van der Waals surface area contributed by atoms with E-state index in [0.717, 1.165) is 10.6 Å². The van der Waals surface area contributed by atoms with Gasteiger partial charge in [-0.3, -0.25) is 10.1 Å². The molecule has 0 saturated carbocycles. The molecule has 8 heteroatoms. The minimum Gasteiger partial charge on any atom is -0.300 e. The molecular formula is C8H4F3N3O2. The summed E-state index contributed by atoms with van der Waals surface area (Å²) in [5.41, 5.74) is -2.27. The quantitative estimate of drug-likeness (QED) is 0.558. The summed E-state index contributed by atoms with van der Waals surface area (Å²) >= 11 is 0. The standard InChI is InChI=1S/C8H4F3N3O2/c9-8(10,11)5-3-7-12-1-2-13(7)4-6(5)14(15)16/h1-4H. The van der Waals surface area contributed by atoms with E-state index in [9.17, 15) is 23.3 Å². The molecule has 0 spiro atoms. The van der Waals surface area contributed by atoms with Crippen molar-refractivity contribution in [1.82, 2.24) is 9.38 Å². The van der Waals surface area contributed by atoms with Gasteiger partial charge < -0.3 is 4.40 Å². The number of rotatable bonds is 1. The van der Waals surface area contributed by atoms with Gasteiger partial charge in [-0.05, 0) is 0 Å². The zero-order chi connectivity index (χ0) is 11.9. The number of halogens is 3. The number of fused-ring (bicyclic) bond motifs is 1. The average Bonchev–Trinajstić information content (AvgIpc) is 2.60. The minimum atomic E-state index is -4.77. The summed E-state index contributed by atoms with van der Waals surface area (Å²) in [5, 5.41) is 10.5. The largest absolute Gasteiger partial charge is 0.423 e. The first-order chi connectivity index (χ1) is 7.39. The van der Waals surface area contributed by atoms with Crippen LogP contribution in [0.25, 0.3) is 5.65 Å². The predicted octanol–water partition coefficient (Wildman–Crippen LogP) is 2.26. The van der Waals surface area contributed by atoms with Crippen LogP contribution in [-0.2, 0) is 6.18 Å². The summed E-state index contributed by atoms with van der Waals surface area (Å²) in [6.45, 7) is 0. The Balaban J connectivity index is 2.77. The molecule has 2 aromatic heterocycles. The zero-order valence-corrected chi connectivity index (χ0v) is 7.60. The van der Waals surface area contributed by atoms with E-state index in [4.69, 9.17) is 0 Å². The number of hydrogen-bond donors (Lipinski definition) is 0. The van der Waals surface area contributed by atoms with Crippen LogP contribution in [0, 0.1) is 10.1 Å². The molecule has 0 amide bonds. The molecule has 0 radical (unpaired) electrons. The fraction of sp³-hybridized carbons (Fsp3) is 0.125. The highest BCUT2D eigenvalue weighted by Crippen LogP contribution is 2.36. The lowest BCUT2D eigenvalue weighted by molar-refractivity contribution is -0.388. The molecule has 0 fully saturated rings. The van der Waals surface area contributed by atoms with Crippen LogP contribution < -0.4 is 0 Å². The molecule has 2 rings (SSSR count). The predicted molar refractivity (Wildman–Crippen MR) is 46.8 cm³/mol. The van der Waals surface area contributed by atoms with Gasteiger partial charge in [0.25, 0.3) is 5.69 Å². The van der Waals surface area contributed by atoms with Gasteiger partial charge in [-0.1, -0.05) is 0 Å². The zero-order valence-electron chi connectivity index (χ0n) is 7.60. The third-order valence-corrected chi connectivity index (χ3v) is 2.01. The Hall–Kier alpha value is -2.12. The monoisotopic (exact) mass is 231 g/mol. The van der Waals surface area contributed by atoms with E-state index < -0.39 is 22.4 Å². The molecule has 0 aromatic carbocycles. The van der Waals surface area contributed by atoms with Gasteiger partial charge in [0.2, 0.25) is 0 Å². The van der Waals surface area contributed by atoms with Crippen LogP contribution in [0.1, 0.15) is 5.56 Å². The first-order valence-electron chi connectivity index (χ1n) is 4.08. The molecule has 2 heterocycles.